The molecule has 0 aliphatic rings. The number of non-ortho nitro benzene ring substituents is 1. The summed E-state index contributed by atoms with van der Waals surface area (Å²) in [5.74, 6) is -1.89. The molecule has 0 bridgehead atoms. The summed E-state index contributed by atoms with van der Waals surface area (Å²) in [4.78, 5) is 41.9. The van der Waals surface area contributed by atoms with Gasteiger partial charge < -0.3 is 31.2 Å². The molecular weight excluding hydrogens is 536 g/mol. The van der Waals surface area contributed by atoms with Gasteiger partial charge in [0, 0.05) is 34.0 Å². The average molecular weight is 551 g/mol. The van der Waals surface area contributed by atoms with Crippen molar-refractivity contribution in [3.8, 4) is 5.75 Å². The number of rotatable bonds is 5. The van der Waals surface area contributed by atoms with E-state index < -0.39 is 49.1 Å². The number of carboxylic acid groups (broad SMARTS) is 2. The number of Topliss-reactive ketones (excluding diaryl/α,β-unsaturated/α-hetero) is 1. The zero-order valence-corrected chi connectivity index (χ0v) is 24.4. The Morgan fingerprint density at radius 3 is 1.89 bits per heavy atom. The SMILES string of the molecule is CC(=O)c1ccc2c(NC(=O)c3ccc([N+](=O)[O-])cc3)c(S(=O)(=O)O)c(N)c(O)c2c1.O=C([O-])[O-].[Na+].[Na+]. The average Bonchev–Trinajstić information content (AvgIpc) is 2.75. The van der Waals surface area contributed by atoms with E-state index in [1.165, 1.54) is 25.1 Å². The van der Waals surface area contributed by atoms with Crippen LogP contribution in [0.15, 0.2) is 47.4 Å². The van der Waals surface area contributed by atoms with Crippen molar-refractivity contribution in [3.05, 3.63) is 63.7 Å². The number of ketones is 1. The number of nitrogen functional groups attached to an aromatic ring is 1. The number of nitro groups is 1. The van der Waals surface area contributed by atoms with E-state index in [2.05, 4.69) is 5.32 Å². The van der Waals surface area contributed by atoms with Gasteiger partial charge in [-0.15, -0.1) is 0 Å². The minimum Gasteiger partial charge on any atom is -0.652 e. The van der Waals surface area contributed by atoms with E-state index in [-0.39, 0.29) is 92.5 Å². The molecule has 0 saturated heterocycles. The van der Waals surface area contributed by atoms with Crippen molar-refractivity contribution in [1.29, 1.82) is 0 Å². The first-order valence-electron chi connectivity index (χ1n) is 9.15. The van der Waals surface area contributed by atoms with Gasteiger partial charge in [0.2, 0.25) is 0 Å². The van der Waals surface area contributed by atoms with Crippen LogP contribution in [0.4, 0.5) is 21.9 Å². The van der Waals surface area contributed by atoms with Gasteiger partial charge in [0.1, 0.15) is 10.6 Å². The van der Waals surface area contributed by atoms with Crippen molar-refractivity contribution in [3.63, 3.8) is 0 Å². The van der Waals surface area contributed by atoms with Gasteiger partial charge in [0.05, 0.1) is 16.3 Å². The van der Waals surface area contributed by atoms with Crippen molar-refractivity contribution in [2.24, 2.45) is 0 Å². The zero-order chi connectivity index (χ0) is 26.7. The number of nitrogens with zero attached hydrogens (tertiary/aromatic N) is 1. The van der Waals surface area contributed by atoms with Crippen LogP contribution in [0.1, 0.15) is 27.6 Å². The monoisotopic (exact) mass is 551 g/mol. The maximum Gasteiger partial charge on any atom is 1.00 e. The van der Waals surface area contributed by atoms with Crippen molar-refractivity contribution in [2.75, 3.05) is 11.1 Å². The smallest absolute Gasteiger partial charge is 0.652 e. The molecule has 0 aliphatic heterocycles. The molecule has 0 saturated carbocycles. The number of nitrogens with one attached hydrogen (secondary N) is 1. The second-order valence-electron chi connectivity index (χ2n) is 6.77. The second kappa shape index (κ2) is 13.7. The predicted octanol–water partition coefficient (Wildman–Crippen LogP) is -5.70. The van der Waals surface area contributed by atoms with Crippen LogP contribution in [0.3, 0.4) is 0 Å². The minimum atomic E-state index is -5.01. The Kier molecular flexibility index (Phi) is 12.7. The third kappa shape index (κ3) is 8.37. The molecule has 184 valence electrons. The molecule has 17 heteroatoms. The Hall–Kier alpha value is -2.76. The Balaban J connectivity index is 0.00000201. The first-order chi connectivity index (χ1) is 16.1. The predicted molar refractivity (Wildman–Crippen MR) is 116 cm³/mol. The van der Waals surface area contributed by atoms with Crippen LogP contribution in [0.25, 0.3) is 10.8 Å². The number of anilines is 2. The first kappa shape index (κ1) is 34.2. The van der Waals surface area contributed by atoms with E-state index >= 15 is 0 Å². The summed E-state index contributed by atoms with van der Waals surface area (Å²) in [5, 5.41) is 40.1. The summed E-state index contributed by atoms with van der Waals surface area (Å²) in [6, 6.07) is 8.36. The topological polar surface area (TPSA) is 253 Å². The molecule has 14 nitrogen and oxygen atoms in total. The second-order valence-corrected chi connectivity index (χ2v) is 8.12. The number of nitro benzene ring substituents is 1. The molecule has 0 fully saturated rings. The van der Waals surface area contributed by atoms with Crippen molar-refractivity contribution < 1.29 is 107 Å². The number of hydrogen-bond acceptors (Lipinski definition) is 11. The van der Waals surface area contributed by atoms with Crippen LogP contribution in [0.2, 0.25) is 0 Å². The molecule has 0 aromatic heterocycles. The molecule has 0 heterocycles. The van der Waals surface area contributed by atoms with Crippen molar-refractivity contribution in [2.45, 2.75) is 11.8 Å². The molecule has 0 atom stereocenters. The van der Waals surface area contributed by atoms with Crippen LogP contribution >= 0.6 is 0 Å². The fourth-order valence-electron chi connectivity index (χ4n) is 3.00. The summed E-state index contributed by atoms with van der Waals surface area (Å²) >= 11 is 0. The third-order valence-corrected chi connectivity index (χ3v) is 5.45. The maximum absolute atomic E-state index is 12.7. The van der Waals surface area contributed by atoms with Gasteiger partial charge in [0.25, 0.3) is 21.7 Å². The standard InChI is InChI=1S/C19H15N3O8S.CH2O3.2Na/c1-9(23)11-4-7-13-14(8-11)17(24)15(20)18(31(28,29)30)16(13)21-19(25)10-2-5-12(6-3-10)22(26)27;2-1(3)4;;/h2-8,24H,20H2,1H3,(H,21,25)(H,28,29,30);(H2,2,3,4);;/q;;2*+1/p-2. The van der Waals surface area contributed by atoms with E-state index in [0.717, 1.165) is 24.3 Å². The number of aromatic hydroxyl groups is 1. The van der Waals surface area contributed by atoms with Crippen LogP contribution < -0.4 is 80.4 Å². The molecular formula is C20H15N3Na2O11S. The third-order valence-electron chi connectivity index (χ3n) is 4.51. The molecule has 0 unspecified atom stereocenters. The van der Waals surface area contributed by atoms with Crippen LogP contribution in [0.5, 0.6) is 5.75 Å². The molecule has 0 radical (unpaired) electrons. The molecule has 1 amide bonds. The fourth-order valence-corrected chi connectivity index (χ4v) is 3.79. The van der Waals surface area contributed by atoms with Crippen LogP contribution in [0, 0.1) is 10.1 Å². The Bertz CT molecular complexity index is 1470. The number of phenols is 1. The summed E-state index contributed by atoms with van der Waals surface area (Å²) in [5.41, 5.74) is 4.46. The molecule has 3 rings (SSSR count). The normalized spacial score (nSPS) is 10.1. The summed E-state index contributed by atoms with van der Waals surface area (Å²) in [6.07, 6.45) is -2.33. The molecule has 0 aliphatic carbocycles. The number of phenolic OH excluding ortho intramolecular Hbond substituents is 1. The molecule has 5 N–H and O–H groups in total. The Morgan fingerprint density at radius 1 is 0.973 bits per heavy atom. The molecule has 3 aromatic rings. The van der Waals surface area contributed by atoms with Gasteiger partial charge in [-0.25, -0.2) is 0 Å². The summed E-state index contributed by atoms with van der Waals surface area (Å²) < 4.78 is 33.6. The quantitative estimate of drug-likeness (QED) is 0.0338. The number of amides is 1. The van der Waals surface area contributed by atoms with Crippen molar-refractivity contribution in [1.82, 2.24) is 0 Å². The summed E-state index contributed by atoms with van der Waals surface area (Å²) in [7, 11) is -5.01. The number of carbonyl (C=O) groups is 3. The molecule has 37 heavy (non-hydrogen) atoms. The van der Waals surface area contributed by atoms with Crippen molar-refractivity contribution >= 4 is 55.8 Å². The van der Waals surface area contributed by atoms with Gasteiger partial charge in [0.15, 0.2) is 5.78 Å². The number of nitrogens with two attached hydrogens (primary N) is 1. The number of carbonyl (C=O) groups excluding carboxylic acids is 3. The van der Waals surface area contributed by atoms with E-state index in [1.54, 1.807) is 0 Å². The van der Waals surface area contributed by atoms with Gasteiger partial charge in [-0.2, -0.15) is 8.42 Å². The largest absolute Gasteiger partial charge is 1.00 e. The maximum atomic E-state index is 12.7. The van der Waals surface area contributed by atoms with E-state index in [4.69, 9.17) is 20.7 Å². The van der Waals surface area contributed by atoms with E-state index in [0.29, 0.717) is 0 Å². The van der Waals surface area contributed by atoms with Gasteiger partial charge >= 0.3 is 59.1 Å². The number of fused-ring (bicyclic) bond motifs is 1. The van der Waals surface area contributed by atoms with Gasteiger partial charge in [-0.1, -0.05) is 12.1 Å². The van der Waals surface area contributed by atoms with Crippen LogP contribution in [-0.2, 0) is 10.1 Å². The molecule has 0 spiro atoms. The zero-order valence-electron chi connectivity index (χ0n) is 19.5. The Labute approximate surface area is 253 Å². The van der Waals surface area contributed by atoms with E-state index in [1.807, 2.05) is 0 Å². The van der Waals surface area contributed by atoms with Gasteiger partial charge in [-0.3, -0.25) is 24.3 Å². The molecule has 3 aromatic carbocycles. The first-order valence-corrected chi connectivity index (χ1v) is 10.6. The van der Waals surface area contributed by atoms with Gasteiger partial charge in [-0.05, 0) is 31.3 Å². The fraction of sp³-hybridized carbons (Fsp3) is 0.0500. The number of hydrogen-bond donors (Lipinski definition) is 4. The summed E-state index contributed by atoms with van der Waals surface area (Å²) in [6.45, 7) is 1.28. The van der Waals surface area contributed by atoms with E-state index in [9.17, 15) is 37.8 Å². The number of benzene rings is 3. The Morgan fingerprint density at radius 2 is 1.46 bits per heavy atom. The van der Waals surface area contributed by atoms with Crippen LogP contribution in [-0.4, -0.2) is 40.8 Å². The minimum absolute atomic E-state index is 0.